The Bertz CT molecular complexity index is 1580. The third-order valence-corrected chi connectivity index (χ3v) is 9.42. The van der Waals surface area contributed by atoms with Crippen molar-refractivity contribution in [1.82, 2.24) is 0 Å². The van der Waals surface area contributed by atoms with Crippen LogP contribution in [0.3, 0.4) is 0 Å². The van der Waals surface area contributed by atoms with E-state index in [9.17, 15) is 27.6 Å². The number of fused-ring (bicyclic) bond motifs is 1. The van der Waals surface area contributed by atoms with Crippen molar-refractivity contribution in [3.05, 3.63) is 65.2 Å². The van der Waals surface area contributed by atoms with Gasteiger partial charge in [0.05, 0.1) is 23.7 Å². The number of ether oxygens (including phenoxy) is 3. The molecule has 0 aromatic heterocycles. The van der Waals surface area contributed by atoms with E-state index in [0.29, 0.717) is 25.0 Å². The number of benzene rings is 2. The molecule has 0 N–H and O–H groups in total. The number of carbonyl (C=O) groups is 4. The van der Waals surface area contributed by atoms with Gasteiger partial charge in [0.1, 0.15) is 30.3 Å². The minimum atomic E-state index is -4.17. The van der Waals surface area contributed by atoms with E-state index in [0.717, 1.165) is 29.5 Å². The van der Waals surface area contributed by atoms with Crippen molar-refractivity contribution in [3.8, 4) is 0 Å². The quantitative estimate of drug-likeness (QED) is 0.0717. The number of rotatable bonds is 16. The second-order valence-electron chi connectivity index (χ2n) is 12.8. The second-order valence-corrected chi connectivity index (χ2v) is 14.3. The largest absolute Gasteiger partial charge is 0.469 e. The minimum Gasteiger partial charge on any atom is -0.469 e. The zero-order chi connectivity index (χ0) is 34.8. The Morgan fingerprint density at radius 3 is 2.21 bits per heavy atom. The van der Waals surface area contributed by atoms with Crippen molar-refractivity contribution < 1.29 is 46.1 Å². The van der Waals surface area contributed by atoms with Crippen molar-refractivity contribution in [3.63, 3.8) is 0 Å². The monoisotopic (exact) mass is 671 g/mol. The molecule has 1 aliphatic carbocycles. The average molecular weight is 672 g/mol. The van der Waals surface area contributed by atoms with Crippen LogP contribution in [0.2, 0.25) is 0 Å². The fraction of sp³-hybridized carbons (Fsp3) is 0.514. The van der Waals surface area contributed by atoms with Gasteiger partial charge in [0.15, 0.2) is 0 Å². The number of hydrogen-bond donors (Lipinski definition) is 0. The smallest absolute Gasteiger partial charge is 0.358 e. The lowest BCUT2D eigenvalue weighted by Gasteiger charge is -2.36. The first kappa shape index (κ1) is 37.4. The van der Waals surface area contributed by atoms with E-state index in [2.05, 4.69) is 5.16 Å². The summed E-state index contributed by atoms with van der Waals surface area (Å²) in [6.45, 7) is 7.89. The molecule has 0 bridgehead atoms. The van der Waals surface area contributed by atoms with Gasteiger partial charge in [-0.2, -0.15) is 8.42 Å². The van der Waals surface area contributed by atoms with Crippen LogP contribution in [0.1, 0.15) is 95.8 Å². The highest BCUT2D eigenvalue weighted by molar-refractivity contribution is 7.86. The first-order valence-corrected chi connectivity index (χ1v) is 17.1. The molecule has 0 saturated carbocycles. The Morgan fingerprint density at radius 2 is 1.57 bits per heavy atom. The first-order valence-electron chi connectivity index (χ1n) is 15.7. The molecule has 0 fully saturated rings. The summed E-state index contributed by atoms with van der Waals surface area (Å²) in [7, 11) is -2.88. The normalized spacial score (nSPS) is 15.9. The maximum atomic E-state index is 13.1. The SMILES string of the molecule is CCC(CC(C)(CC(C)(C)C(=O)OCCOC(=O)CC(C)=O)C(=O)OC)c1ccc(S(=O)(=O)O/N=C2\CCCc3ccccc32)cc1. The van der Waals surface area contributed by atoms with E-state index in [1.165, 1.54) is 26.2 Å². The summed E-state index contributed by atoms with van der Waals surface area (Å²) >= 11 is 0. The average Bonchev–Trinajstić information content (AvgIpc) is 3.03. The molecule has 12 heteroatoms. The lowest BCUT2D eigenvalue weighted by atomic mass is 9.68. The molecule has 11 nitrogen and oxygen atoms in total. The standard InChI is InChI=1S/C35H45NO10S/c1-7-25(22-35(5,33(40)43-6)23-34(3,4)32(39)45-20-19-44-31(38)21-24(2)37)26-15-17-28(18-16-26)47(41,42)46-36-30-14-10-12-27-11-8-9-13-29(27)30/h8-9,11,13,15-18,25H,7,10,12,14,19-23H2,1-6H3/b36-30+. The molecule has 2 aromatic carbocycles. The predicted molar refractivity (Wildman–Crippen MR) is 174 cm³/mol. The third-order valence-electron chi connectivity index (χ3n) is 8.30. The Hall–Kier alpha value is -4.06. The topological polar surface area (TPSA) is 152 Å². The molecule has 0 amide bonds. The highest BCUT2D eigenvalue weighted by Crippen LogP contribution is 2.43. The van der Waals surface area contributed by atoms with Gasteiger partial charge < -0.3 is 14.2 Å². The van der Waals surface area contributed by atoms with Crippen LogP contribution >= 0.6 is 0 Å². The molecule has 2 unspecified atom stereocenters. The number of carbonyl (C=O) groups excluding carboxylic acids is 4. The summed E-state index contributed by atoms with van der Waals surface area (Å²) in [5.74, 6) is -2.29. The highest BCUT2D eigenvalue weighted by atomic mass is 32.2. The van der Waals surface area contributed by atoms with Crippen LogP contribution in [0.25, 0.3) is 0 Å². The van der Waals surface area contributed by atoms with Crippen molar-refractivity contribution in [2.45, 2.75) is 90.4 Å². The fourth-order valence-electron chi connectivity index (χ4n) is 6.04. The molecule has 2 aromatic rings. The summed E-state index contributed by atoms with van der Waals surface area (Å²) in [6, 6.07) is 14.0. The zero-order valence-electron chi connectivity index (χ0n) is 28.0. The lowest BCUT2D eigenvalue weighted by Crippen LogP contribution is -2.40. The van der Waals surface area contributed by atoms with Gasteiger partial charge in [0.25, 0.3) is 0 Å². The van der Waals surface area contributed by atoms with Crippen molar-refractivity contribution in [2.24, 2.45) is 16.0 Å². The van der Waals surface area contributed by atoms with Crippen molar-refractivity contribution in [1.29, 1.82) is 0 Å². The van der Waals surface area contributed by atoms with Crippen LogP contribution in [0.5, 0.6) is 0 Å². The predicted octanol–water partition coefficient (Wildman–Crippen LogP) is 5.68. The molecule has 0 aliphatic heterocycles. The van der Waals surface area contributed by atoms with Crippen LogP contribution in [0.15, 0.2) is 58.6 Å². The van der Waals surface area contributed by atoms with Crippen LogP contribution in [0, 0.1) is 10.8 Å². The van der Waals surface area contributed by atoms with E-state index >= 15 is 0 Å². The van der Waals surface area contributed by atoms with Crippen molar-refractivity contribution in [2.75, 3.05) is 20.3 Å². The number of esters is 3. The van der Waals surface area contributed by atoms with Gasteiger partial charge in [-0.3, -0.25) is 23.5 Å². The number of Topliss-reactive ketones (excluding diaryl/α,β-unsaturated/α-hetero) is 1. The maximum absolute atomic E-state index is 13.1. The molecular weight excluding hydrogens is 626 g/mol. The molecule has 3 rings (SSSR count). The Balaban J connectivity index is 1.69. The molecule has 47 heavy (non-hydrogen) atoms. The summed E-state index contributed by atoms with van der Waals surface area (Å²) in [6.07, 6.45) is 3.05. The van der Waals surface area contributed by atoms with E-state index in [-0.39, 0.29) is 42.7 Å². The lowest BCUT2D eigenvalue weighted by molar-refractivity contribution is -0.165. The molecule has 256 valence electrons. The van der Waals surface area contributed by atoms with Crippen molar-refractivity contribution >= 4 is 39.5 Å². The van der Waals surface area contributed by atoms with Crippen LogP contribution in [-0.4, -0.2) is 58.1 Å². The van der Waals surface area contributed by atoms with E-state index in [4.69, 9.17) is 18.5 Å². The minimum absolute atomic E-state index is 0.0453. The summed E-state index contributed by atoms with van der Waals surface area (Å²) in [5.41, 5.74) is 1.19. The van der Waals surface area contributed by atoms with E-state index in [1.807, 2.05) is 31.2 Å². The van der Waals surface area contributed by atoms with Gasteiger partial charge in [-0.05, 0) is 95.4 Å². The maximum Gasteiger partial charge on any atom is 0.358 e. The molecule has 0 spiro atoms. The van der Waals surface area contributed by atoms with E-state index < -0.39 is 38.9 Å². The van der Waals surface area contributed by atoms with Gasteiger partial charge in [0.2, 0.25) is 0 Å². The molecule has 2 atom stereocenters. The molecule has 0 saturated heterocycles. The number of nitrogens with zero attached hydrogens (tertiary/aromatic N) is 1. The van der Waals surface area contributed by atoms with Crippen LogP contribution in [0.4, 0.5) is 0 Å². The third kappa shape index (κ3) is 10.2. The summed E-state index contributed by atoms with van der Waals surface area (Å²) < 4.78 is 46.5. The van der Waals surface area contributed by atoms with Gasteiger partial charge in [0, 0.05) is 5.56 Å². The summed E-state index contributed by atoms with van der Waals surface area (Å²) in [4.78, 5) is 48.7. The number of methoxy groups -OCH3 is 1. The van der Waals surface area contributed by atoms with E-state index in [1.54, 1.807) is 32.9 Å². The number of oxime groups is 1. The highest BCUT2D eigenvalue weighted by Gasteiger charge is 2.45. The Kier molecular flexibility index (Phi) is 12.9. The number of aryl methyl sites for hydroxylation is 1. The molecule has 0 radical (unpaired) electrons. The summed E-state index contributed by atoms with van der Waals surface area (Å²) in [5, 5.41) is 4.02. The van der Waals surface area contributed by atoms with Gasteiger partial charge in [-0.15, -0.1) is 0 Å². The molecule has 0 heterocycles. The van der Waals surface area contributed by atoms with Gasteiger partial charge in [-0.25, -0.2) is 0 Å². The number of ketones is 1. The molecular formula is C35H45NO10S. The van der Waals surface area contributed by atoms with Gasteiger partial charge in [-0.1, -0.05) is 48.5 Å². The number of hydrogen-bond acceptors (Lipinski definition) is 11. The Labute approximate surface area is 277 Å². The van der Waals surface area contributed by atoms with Crippen LogP contribution < -0.4 is 0 Å². The first-order chi connectivity index (χ1) is 22.1. The molecule has 1 aliphatic rings. The fourth-order valence-corrected chi connectivity index (χ4v) is 6.79. The van der Waals surface area contributed by atoms with Crippen LogP contribution in [-0.2, 0) is 54.2 Å². The van der Waals surface area contributed by atoms with Gasteiger partial charge >= 0.3 is 28.0 Å². The zero-order valence-corrected chi connectivity index (χ0v) is 28.8. The Morgan fingerprint density at radius 1 is 0.915 bits per heavy atom. The second kappa shape index (κ2) is 16.2.